The van der Waals surface area contributed by atoms with Crippen molar-refractivity contribution in [1.82, 2.24) is 19.9 Å². The number of aromatic amines is 1. The predicted molar refractivity (Wildman–Crippen MR) is 97.5 cm³/mol. The Hall–Kier alpha value is -3.00. The summed E-state index contributed by atoms with van der Waals surface area (Å²) in [6.07, 6.45) is 2.74. The highest BCUT2D eigenvalue weighted by Gasteiger charge is 2.15. The van der Waals surface area contributed by atoms with Crippen molar-refractivity contribution in [3.05, 3.63) is 56.9 Å². The highest BCUT2D eigenvalue weighted by Crippen LogP contribution is 2.28. The molecule has 1 aromatic carbocycles. The molecule has 0 fully saturated rings. The summed E-state index contributed by atoms with van der Waals surface area (Å²) in [6.45, 7) is 3.57. The molecule has 0 aliphatic rings. The summed E-state index contributed by atoms with van der Waals surface area (Å²) in [5.74, 6) is 0.332. The van der Waals surface area contributed by atoms with Crippen LogP contribution < -0.4 is 10.9 Å². The first-order valence-electron chi connectivity index (χ1n) is 7.76. The van der Waals surface area contributed by atoms with Crippen LogP contribution in [0.1, 0.15) is 34.7 Å². The van der Waals surface area contributed by atoms with Crippen molar-refractivity contribution in [2.24, 2.45) is 0 Å². The zero-order chi connectivity index (χ0) is 18.8. The van der Waals surface area contributed by atoms with Gasteiger partial charge in [0.25, 0.3) is 5.56 Å². The normalized spacial score (nSPS) is 12.0. The standard InChI is InChI=1S/C17H16ClN5O3/c1-8(21-17-19-6-10(7-20-17)16(25)26-3)11-4-12-14(5-13(11)18)22-9(2)23-15(12)24/h4-8H,1-3H3,(H,19,20,21)(H,22,23,24)/t8-/m0/s1. The molecule has 0 spiro atoms. The number of methoxy groups -OCH3 is 1. The summed E-state index contributed by atoms with van der Waals surface area (Å²) in [6, 6.07) is 3.08. The number of halogens is 1. The van der Waals surface area contributed by atoms with Gasteiger partial charge in [0.2, 0.25) is 5.95 Å². The molecular formula is C17H16ClN5O3. The molecule has 3 rings (SSSR count). The Morgan fingerprint density at radius 3 is 2.65 bits per heavy atom. The molecule has 0 aliphatic carbocycles. The molecule has 2 aromatic heterocycles. The van der Waals surface area contributed by atoms with E-state index in [4.69, 9.17) is 11.6 Å². The molecule has 2 N–H and O–H groups in total. The van der Waals surface area contributed by atoms with E-state index in [9.17, 15) is 9.59 Å². The maximum Gasteiger partial charge on any atom is 0.341 e. The number of carbonyl (C=O) groups excluding carboxylic acids is 1. The number of hydrogen-bond donors (Lipinski definition) is 2. The fourth-order valence-corrected chi connectivity index (χ4v) is 2.84. The molecule has 3 aromatic rings. The Bertz CT molecular complexity index is 1030. The van der Waals surface area contributed by atoms with Crippen molar-refractivity contribution in [2.45, 2.75) is 19.9 Å². The van der Waals surface area contributed by atoms with Crippen molar-refractivity contribution in [1.29, 1.82) is 0 Å². The number of anilines is 1. The minimum Gasteiger partial charge on any atom is -0.465 e. The van der Waals surface area contributed by atoms with Crippen molar-refractivity contribution in [3.8, 4) is 0 Å². The third kappa shape index (κ3) is 3.50. The third-order valence-electron chi connectivity index (χ3n) is 3.83. The van der Waals surface area contributed by atoms with Gasteiger partial charge in [-0.15, -0.1) is 0 Å². The van der Waals surface area contributed by atoms with E-state index in [0.29, 0.717) is 33.3 Å². The van der Waals surface area contributed by atoms with Crippen LogP contribution in [0.15, 0.2) is 29.3 Å². The number of hydrogen-bond acceptors (Lipinski definition) is 7. The summed E-state index contributed by atoms with van der Waals surface area (Å²) < 4.78 is 4.61. The second-order valence-electron chi connectivity index (χ2n) is 5.70. The van der Waals surface area contributed by atoms with Crippen LogP contribution in [-0.2, 0) is 4.74 Å². The van der Waals surface area contributed by atoms with Crippen molar-refractivity contribution in [3.63, 3.8) is 0 Å². The van der Waals surface area contributed by atoms with Crippen molar-refractivity contribution in [2.75, 3.05) is 12.4 Å². The van der Waals surface area contributed by atoms with E-state index in [1.165, 1.54) is 19.5 Å². The van der Waals surface area contributed by atoms with E-state index in [2.05, 4.69) is 30.0 Å². The Morgan fingerprint density at radius 2 is 2.00 bits per heavy atom. The van der Waals surface area contributed by atoms with Crippen LogP contribution in [0, 0.1) is 6.92 Å². The lowest BCUT2D eigenvalue weighted by Gasteiger charge is -2.16. The van der Waals surface area contributed by atoms with Gasteiger partial charge in [-0.05, 0) is 31.5 Å². The summed E-state index contributed by atoms with van der Waals surface area (Å²) in [5.41, 5.74) is 1.26. The van der Waals surface area contributed by atoms with Gasteiger partial charge >= 0.3 is 5.97 Å². The Balaban J connectivity index is 1.90. The number of fused-ring (bicyclic) bond motifs is 1. The first kappa shape index (κ1) is 17.8. The van der Waals surface area contributed by atoms with E-state index in [1.54, 1.807) is 19.1 Å². The fourth-order valence-electron chi connectivity index (χ4n) is 2.52. The SMILES string of the molecule is COC(=O)c1cnc(N[C@@H](C)c2cc3c(=O)[nH]c(C)nc3cc2Cl)nc1. The Labute approximate surface area is 153 Å². The van der Waals surface area contributed by atoms with Gasteiger partial charge in [-0.25, -0.2) is 19.7 Å². The molecule has 8 nitrogen and oxygen atoms in total. The molecule has 0 aliphatic heterocycles. The summed E-state index contributed by atoms with van der Waals surface area (Å²) in [7, 11) is 1.29. The number of aromatic nitrogens is 4. The summed E-state index contributed by atoms with van der Waals surface area (Å²) in [4.78, 5) is 38.7. The Kier molecular flexibility index (Phi) is 4.85. The lowest BCUT2D eigenvalue weighted by atomic mass is 10.1. The van der Waals surface area contributed by atoms with E-state index in [0.717, 1.165) is 0 Å². The maximum absolute atomic E-state index is 12.1. The summed E-state index contributed by atoms with van der Waals surface area (Å²) >= 11 is 6.36. The van der Waals surface area contributed by atoms with Gasteiger partial charge < -0.3 is 15.0 Å². The van der Waals surface area contributed by atoms with Gasteiger partial charge in [-0.2, -0.15) is 0 Å². The first-order chi connectivity index (χ1) is 12.4. The molecule has 0 bridgehead atoms. The zero-order valence-electron chi connectivity index (χ0n) is 14.3. The number of rotatable bonds is 4. The molecule has 0 amide bonds. The van der Waals surface area contributed by atoms with Gasteiger partial charge in [-0.1, -0.05) is 11.6 Å². The van der Waals surface area contributed by atoms with Crippen molar-refractivity contribution < 1.29 is 9.53 Å². The topological polar surface area (TPSA) is 110 Å². The number of H-pyrrole nitrogens is 1. The lowest BCUT2D eigenvalue weighted by molar-refractivity contribution is 0.0600. The van der Waals surface area contributed by atoms with Crippen LogP contribution in [0.25, 0.3) is 10.9 Å². The monoisotopic (exact) mass is 373 g/mol. The quantitative estimate of drug-likeness (QED) is 0.676. The van der Waals surface area contributed by atoms with Crippen molar-refractivity contribution >= 4 is 34.4 Å². The second-order valence-corrected chi connectivity index (χ2v) is 6.10. The largest absolute Gasteiger partial charge is 0.465 e. The average Bonchev–Trinajstić information content (AvgIpc) is 2.60. The van der Waals surface area contributed by atoms with E-state index < -0.39 is 5.97 Å². The number of ether oxygens (including phenoxy) is 1. The maximum atomic E-state index is 12.1. The second kappa shape index (κ2) is 7.09. The van der Waals surface area contributed by atoms with Gasteiger partial charge in [-0.3, -0.25) is 4.79 Å². The van der Waals surface area contributed by atoms with E-state index in [1.807, 2.05) is 6.92 Å². The highest BCUT2D eigenvalue weighted by molar-refractivity contribution is 6.32. The van der Waals surface area contributed by atoms with E-state index >= 15 is 0 Å². The smallest absolute Gasteiger partial charge is 0.341 e. The van der Waals surface area contributed by atoms with Gasteiger partial charge in [0.1, 0.15) is 5.82 Å². The van der Waals surface area contributed by atoms with Gasteiger partial charge in [0.05, 0.1) is 29.6 Å². The van der Waals surface area contributed by atoms with E-state index in [-0.39, 0.29) is 17.2 Å². The summed E-state index contributed by atoms with van der Waals surface area (Å²) in [5, 5.41) is 4.01. The number of esters is 1. The van der Waals surface area contributed by atoms with Crippen LogP contribution in [0.3, 0.4) is 0 Å². The highest BCUT2D eigenvalue weighted by atomic mass is 35.5. The molecule has 0 saturated carbocycles. The molecular weight excluding hydrogens is 358 g/mol. The molecule has 26 heavy (non-hydrogen) atoms. The fraction of sp³-hybridized carbons (Fsp3) is 0.235. The number of benzene rings is 1. The minimum atomic E-state index is -0.510. The molecule has 0 radical (unpaired) electrons. The number of nitrogens with zero attached hydrogens (tertiary/aromatic N) is 3. The Morgan fingerprint density at radius 1 is 1.31 bits per heavy atom. The lowest BCUT2D eigenvalue weighted by Crippen LogP contribution is -2.14. The van der Waals surface area contributed by atoms with Crippen LogP contribution in [0.2, 0.25) is 5.02 Å². The molecule has 134 valence electrons. The first-order valence-corrected chi connectivity index (χ1v) is 8.14. The van der Waals surface area contributed by atoms with Gasteiger partial charge in [0, 0.05) is 17.4 Å². The molecule has 0 saturated heterocycles. The molecule has 9 heteroatoms. The minimum absolute atomic E-state index is 0.226. The molecule has 1 atom stereocenters. The average molecular weight is 374 g/mol. The van der Waals surface area contributed by atoms with Crippen LogP contribution in [0.4, 0.5) is 5.95 Å². The number of nitrogens with one attached hydrogen (secondary N) is 2. The third-order valence-corrected chi connectivity index (χ3v) is 4.15. The molecule has 0 unspecified atom stereocenters. The zero-order valence-corrected chi connectivity index (χ0v) is 15.1. The number of aryl methyl sites for hydroxylation is 1. The number of carbonyl (C=O) groups is 1. The van der Waals surface area contributed by atoms with Gasteiger partial charge in [0.15, 0.2) is 0 Å². The predicted octanol–water partition coefficient (Wildman–Crippen LogP) is 2.63. The molecule has 2 heterocycles. The van der Waals surface area contributed by atoms with Crippen LogP contribution in [0.5, 0.6) is 0 Å². The van der Waals surface area contributed by atoms with Crippen LogP contribution >= 0.6 is 11.6 Å². The van der Waals surface area contributed by atoms with Crippen LogP contribution in [-0.4, -0.2) is 33.0 Å².